The van der Waals surface area contributed by atoms with E-state index in [2.05, 4.69) is 4.98 Å². The molecule has 0 aliphatic heterocycles. The Labute approximate surface area is 132 Å². The highest BCUT2D eigenvalue weighted by molar-refractivity contribution is 7.98. The van der Waals surface area contributed by atoms with E-state index in [4.69, 9.17) is 4.74 Å². The molecule has 0 atom stereocenters. The summed E-state index contributed by atoms with van der Waals surface area (Å²) in [7, 11) is 3.41. The van der Waals surface area contributed by atoms with Crippen LogP contribution in [0.15, 0.2) is 58.5 Å². The minimum atomic E-state index is -0.0151. The Hall–Kier alpha value is -2.27. The smallest absolute Gasteiger partial charge is 0.261 e. The molecule has 112 valence electrons. The van der Waals surface area contributed by atoms with Gasteiger partial charge in [-0.25, -0.2) is 4.98 Å². The third kappa shape index (κ3) is 2.85. The van der Waals surface area contributed by atoms with Crippen molar-refractivity contribution in [2.24, 2.45) is 7.05 Å². The van der Waals surface area contributed by atoms with Crippen LogP contribution in [-0.2, 0) is 12.8 Å². The summed E-state index contributed by atoms with van der Waals surface area (Å²) in [5, 5.41) is 1.36. The van der Waals surface area contributed by atoms with Gasteiger partial charge in [0.2, 0.25) is 0 Å². The van der Waals surface area contributed by atoms with Crippen LogP contribution in [0.5, 0.6) is 5.75 Å². The van der Waals surface area contributed by atoms with Gasteiger partial charge in [0.1, 0.15) is 5.75 Å². The van der Waals surface area contributed by atoms with Crippen molar-refractivity contribution in [3.63, 3.8) is 0 Å². The molecule has 0 aliphatic carbocycles. The van der Waals surface area contributed by atoms with Crippen molar-refractivity contribution < 1.29 is 4.74 Å². The number of ether oxygens (including phenoxy) is 1. The third-order valence-corrected chi connectivity index (χ3v) is 4.55. The molecule has 0 bridgehead atoms. The molecule has 3 aromatic rings. The third-order valence-electron chi connectivity index (χ3n) is 3.44. The average molecular weight is 312 g/mol. The molecule has 4 nitrogen and oxygen atoms in total. The van der Waals surface area contributed by atoms with Gasteiger partial charge in [0.25, 0.3) is 5.56 Å². The van der Waals surface area contributed by atoms with Crippen LogP contribution in [0.4, 0.5) is 0 Å². The minimum absolute atomic E-state index is 0.0151. The Kier molecular flexibility index (Phi) is 4.15. The zero-order valence-corrected chi connectivity index (χ0v) is 13.3. The normalized spacial score (nSPS) is 10.8. The second kappa shape index (κ2) is 6.23. The van der Waals surface area contributed by atoms with Gasteiger partial charge in [-0.05, 0) is 29.8 Å². The van der Waals surface area contributed by atoms with Gasteiger partial charge in [0.05, 0.1) is 18.0 Å². The molecular formula is C17H16N2O2S. The van der Waals surface area contributed by atoms with Crippen LogP contribution in [0, 0.1) is 0 Å². The lowest BCUT2D eigenvalue weighted by Crippen LogP contribution is -2.19. The van der Waals surface area contributed by atoms with E-state index >= 15 is 0 Å². The zero-order chi connectivity index (χ0) is 15.5. The van der Waals surface area contributed by atoms with Gasteiger partial charge in [-0.3, -0.25) is 9.36 Å². The number of thioether (sulfide) groups is 1. The molecule has 0 N–H and O–H groups in total. The van der Waals surface area contributed by atoms with Gasteiger partial charge in [-0.15, -0.1) is 0 Å². The van der Waals surface area contributed by atoms with Crippen LogP contribution in [-0.4, -0.2) is 16.7 Å². The van der Waals surface area contributed by atoms with Crippen LogP contribution in [0.25, 0.3) is 10.9 Å². The molecule has 0 saturated heterocycles. The number of hydrogen-bond donors (Lipinski definition) is 0. The molecule has 2 aromatic carbocycles. The van der Waals surface area contributed by atoms with E-state index in [1.807, 2.05) is 42.5 Å². The van der Waals surface area contributed by atoms with Gasteiger partial charge >= 0.3 is 0 Å². The highest BCUT2D eigenvalue weighted by Crippen LogP contribution is 2.23. The van der Waals surface area contributed by atoms with E-state index in [-0.39, 0.29) is 5.56 Å². The van der Waals surface area contributed by atoms with E-state index in [0.717, 1.165) is 22.6 Å². The Morgan fingerprint density at radius 3 is 2.82 bits per heavy atom. The number of para-hydroxylation sites is 1. The largest absolute Gasteiger partial charge is 0.497 e. The predicted molar refractivity (Wildman–Crippen MR) is 89.5 cm³/mol. The average Bonchev–Trinajstić information content (AvgIpc) is 2.57. The Balaban J connectivity index is 1.90. The highest BCUT2D eigenvalue weighted by Gasteiger charge is 2.08. The molecule has 1 aromatic heterocycles. The first kappa shape index (κ1) is 14.7. The van der Waals surface area contributed by atoms with E-state index in [1.165, 1.54) is 0 Å². The molecule has 22 heavy (non-hydrogen) atoms. The number of nitrogens with zero attached hydrogens (tertiary/aromatic N) is 2. The summed E-state index contributed by atoms with van der Waals surface area (Å²) in [5.41, 5.74) is 1.85. The van der Waals surface area contributed by atoms with Crippen molar-refractivity contribution in [1.82, 2.24) is 9.55 Å². The standard InChI is InChI=1S/C17H16N2O2S/c1-19-16(20)14-8-3-4-9-15(14)18-17(19)22-11-12-6-5-7-13(10-12)21-2/h3-10H,11H2,1-2H3. The fourth-order valence-electron chi connectivity index (χ4n) is 2.24. The summed E-state index contributed by atoms with van der Waals surface area (Å²) < 4.78 is 6.83. The second-order valence-electron chi connectivity index (χ2n) is 4.92. The molecule has 0 amide bonds. The Morgan fingerprint density at radius 1 is 1.18 bits per heavy atom. The van der Waals surface area contributed by atoms with E-state index < -0.39 is 0 Å². The lowest BCUT2D eigenvalue weighted by atomic mass is 10.2. The monoisotopic (exact) mass is 312 g/mol. The molecule has 0 aliphatic rings. The number of hydrogen-bond acceptors (Lipinski definition) is 4. The minimum Gasteiger partial charge on any atom is -0.497 e. The fraction of sp³-hybridized carbons (Fsp3) is 0.176. The number of rotatable bonds is 4. The number of methoxy groups -OCH3 is 1. The summed E-state index contributed by atoms with van der Waals surface area (Å²) in [6.45, 7) is 0. The molecule has 0 saturated carbocycles. The van der Waals surface area contributed by atoms with Crippen LogP contribution in [0.2, 0.25) is 0 Å². The Bertz CT molecular complexity index is 874. The van der Waals surface area contributed by atoms with Crippen LogP contribution in [0.3, 0.4) is 0 Å². The molecule has 3 rings (SSSR count). The number of fused-ring (bicyclic) bond motifs is 1. The van der Waals surface area contributed by atoms with Gasteiger partial charge < -0.3 is 4.74 Å². The van der Waals surface area contributed by atoms with Crippen molar-refractivity contribution in [2.45, 2.75) is 10.9 Å². The van der Waals surface area contributed by atoms with Crippen LogP contribution < -0.4 is 10.3 Å². The Morgan fingerprint density at radius 2 is 2.00 bits per heavy atom. The molecule has 0 unspecified atom stereocenters. The van der Waals surface area contributed by atoms with E-state index in [0.29, 0.717) is 10.5 Å². The maximum absolute atomic E-state index is 12.4. The molecule has 0 radical (unpaired) electrons. The van der Waals surface area contributed by atoms with E-state index in [1.54, 1.807) is 36.6 Å². The maximum atomic E-state index is 12.4. The van der Waals surface area contributed by atoms with Crippen molar-refractivity contribution in [3.05, 3.63) is 64.4 Å². The molecule has 5 heteroatoms. The number of aromatic nitrogens is 2. The molecule has 0 spiro atoms. The zero-order valence-electron chi connectivity index (χ0n) is 12.4. The van der Waals surface area contributed by atoms with Gasteiger partial charge in [0.15, 0.2) is 5.16 Å². The van der Waals surface area contributed by atoms with Gasteiger partial charge in [0, 0.05) is 12.8 Å². The summed E-state index contributed by atoms with van der Waals surface area (Å²) in [6.07, 6.45) is 0. The van der Waals surface area contributed by atoms with Gasteiger partial charge in [-0.1, -0.05) is 36.0 Å². The quantitative estimate of drug-likeness (QED) is 0.548. The van der Waals surface area contributed by atoms with Crippen LogP contribution in [0.1, 0.15) is 5.56 Å². The molecule has 1 heterocycles. The molecule has 0 fully saturated rings. The SMILES string of the molecule is COc1cccc(CSc2nc3ccccc3c(=O)n2C)c1. The number of benzene rings is 2. The van der Waals surface area contributed by atoms with Crippen molar-refractivity contribution in [1.29, 1.82) is 0 Å². The first-order valence-electron chi connectivity index (χ1n) is 6.90. The topological polar surface area (TPSA) is 44.1 Å². The van der Waals surface area contributed by atoms with Crippen molar-refractivity contribution >= 4 is 22.7 Å². The summed E-state index contributed by atoms with van der Waals surface area (Å²) in [6, 6.07) is 15.3. The highest BCUT2D eigenvalue weighted by atomic mass is 32.2. The van der Waals surface area contributed by atoms with Crippen LogP contribution >= 0.6 is 11.8 Å². The lowest BCUT2D eigenvalue weighted by molar-refractivity contribution is 0.414. The van der Waals surface area contributed by atoms with Gasteiger partial charge in [-0.2, -0.15) is 0 Å². The first-order chi connectivity index (χ1) is 10.7. The summed E-state index contributed by atoms with van der Waals surface area (Å²) in [5.74, 6) is 1.56. The predicted octanol–water partition coefficient (Wildman–Crippen LogP) is 3.23. The lowest BCUT2D eigenvalue weighted by Gasteiger charge is -2.09. The first-order valence-corrected chi connectivity index (χ1v) is 7.89. The molecular weight excluding hydrogens is 296 g/mol. The fourth-order valence-corrected chi connectivity index (χ4v) is 3.15. The summed E-state index contributed by atoms with van der Waals surface area (Å²) >= 11 is 1.54. The second-order valence-corrected chi connectivity index (χ2v) is 5.86. The van der Waals surface area contributed by atoms with E-state index in [9.17, 15) is 4.79 Å². The van der Waals surface area contributed by atoms with Crippen molar-refractivity contribution in [2.75, 3.05) is 7.11 Å². The summed E-state index contributed by atoms with van der Waals surface area (Å²) in [4.78, 5) is 16.9. The maximum Gasteiger partial charge on any atom is 0.261 e. The van der Waals surface area contributed by atoms with Crippen molar-refractivity contribution in [3.8, 4) is 5.75 Å².